The van der Waals surface area contributed by atoms with E-state index in [-0.39, 0.29) is 5.91 Å². The molecule has 0 heterocycles. The Morgan fingerprint density at radius 3 is 2.32 bits per heavy atom. The second kappa shape index (κ2) is 9.92. The molecule has 0 unspecified atom stereocenters. The molecule has 1 amide bonds. The minimum atomic E-state index is -0.245. The van der Waals surface area contributed by atoms with Gasteiger partial charge in [0.05, 0.1) is 6.21 Å². The third kappa shape index (κ3) is 5.71. The molecule has 1 N–H and O–H groups in total. The van der Waals surface area contributed by atoms with Crippen LogP contribution in [0.4, 0.5) is 0 Å². The Balaban J connectivity index is 1.42. The van der Waals surface area contributed by atoms with E-state index < -0.39 is 0 Å². The number of carbonyl (C=O) groups excluding carboxylic acids is 1. The van der Waals surface area contributed by atoms with E-state index in [2.05, 4.69) is 10.5 Å². The summed E-state index contributed by atoms with van der Waals surface area (Å²) in [5.74, 6) is 1.37. The minimum absolute atomic E-state index is 0.245. The molecule has 28 heavy (non-hydrogen) atoms. The van der Waals surface area contributed by atoms with Gasteiger partial charge in [-0.05, 0) is 60.5 Å². The first-order chi connectivity index (χ1) is 13.7. The van der Waals surface area contributed by atoms with E-state index in [9.17, 15) is 4.79 Å². The second-order valence-corrected chi connectivity index (χ2v) is 6.10. The molecule has 0 aliphatic rings. The number of amides is 1. The Morgan fingerprint density at radius 1 is 0.893 bits per heavy atom. The summed E-state index contributed by atoms with van der Waals surface area (Å²) in [6.07, 6.45) is 1.59. The summed E-state index contributed by atoms with van der Waals surface area (Å²) in [6, 6.07) is 24.3. The highest BCUT2D eigenvalue weighted by atomic mass is 16.5. The van der Waals surface area contributed by atoms with Crippen LogP contribution in [0.15, 0.2) is 84.0 Å². The Bertz CT molecular complexity index is 922. The lowest BCUT2D eigenvalue weighted by Crippen LogP contribution is -2.17. The zero-order valence-corrected chi connectivity index (χ0v) is 15.7. The van der Waals surface area contributed by atoms with Crippen LogP contribution >= 0.6 is 0 Å². The van der Waals surface area contributed by atoms with Gasteiger partial charge in [0.25, 0.3) is 5.91 Å². The van der Waals surface area contributed by atoms with Crippen molar-refractivity contribution in [2.45, 2.75) is 6.92 Å². The zero-order valence-electron chi connectivity index (χ0n) is 15.7. The van der Waals surface area contributed by atoms with Gasteiger partial charge < -0.3 is 9.47 Å². The van der Waals surface area contributed by atoms with Crippen molar-refractivity contribution >= 4 is 12.1 Å². The van der Waals surface area contributed by atoms with Gasteiger partial charge in [0.2, 0.25) is 0 Å². The van der Waals surface area contributed by atoms with Crippen LogP contribution in [0.5, 0.6) is 11.5 Å². The van der Waals surface area contributed by atoms with Crippen LogP contribution in [0, 0.1) is 6.92 Å². The summed E-state index contributed by atoms with van der Waals surface area (Å²) in [4.78, 5) is 11.9. The van der Waals surface area contributed by atoms with Crippen molar-refractivity contribution in [1.82, 2.24) is 5.43 Å². The number of hydrazone groups is 1. The molecule has 0 aliphatic heterocycles. The lowest BCUT2D eigenvalue weighted by Gasteiger charge is -2.10. The van der Waals surface area contributed by atoms with Crippen molar-refractivity contribution in [3.05, 3.63) is 95.6 Å². The van der Waals surface area contributed by atoms with Crippen LogP contribution in [-0.4, -0.2) is 25.3 Å². The highest BCUT2D eigenvalue weighted by molar-refractivity contribution is 5.94. The number of hydrogen-bond donors (Lipinski definition) is 1. The maximum atomic E-state index is 11.9. The normalized spacial score (nSPS) is 10.6. The van der Waals surface area contributed by atoms with Crippen LogP contribution in [0.3, 0.4) is 0 Å². The first kappa shape index (κ1) is 19.2. The van der Waals surface area contributed by atoms with Gasteiger partial charge in [0.15, 0.2) is 0 Å². The number of nitrogens with zero attached hydrogens (tertiary/aromatic N) is 1. The predicted octanol–water partition coefficient (Wildman–Crippen LogP) is 4.22. The fourth-order valence-electron chi connectivity index (χ4n) is 2.50. The zero-order chi connectivity index (χ0) is 19.6. The number of hydrogen-bond acceptors (Lipinski definition) is 4. The summed E-state index contributed by atoms with van der Waals surface area (Å²) in [5.41, 5.74) is 5.03. The van der Waals surface area contributed by atoms with Gasteiger partial charge in [-0.15, -0.1) is 0 Å². The Kier molecular flexibility index (Phi) is 6.79. The summed E-state index contributed by atoms with van der Waals surface area (Å²) >= 11 is 0. The molecule has 5 nitrogen and oxygen atoms in total. The number of benzene rings is 3. The van der Waals surface area contributed by atoms with E-state index in [4.69, 9.17) is 9.47 Å². The molecule has 0 saturated heterocycles. The average Bonchev–Trinajstić information content (AvgIpc) is 2.74. The van der Waals surface area contributed by atoms with Crippen molar-refractivity contribution in [3.63, 3.8) is 0 Å². The van der Waals surface area contributed by atoms with Crippen LogP contribution < -0.4 is 14.9 Å². The predicted molar refractivity (Wildman–Crippen MR) is 110 cm³/mol. The molecule has 0 atom stereocenters. The van der Waals surface area contributed by atoms with Gasteiger partial charge in [-0.3, -0.25) is 4.79 Å². The van der Waals surface area contributed by atoms with Crippen molar-refractivity contribution in [2.75, 3.05) is 13.2 Å². The topological polar surface area (TPSA) is 59.9 Å². The molecule has 3 aromatic rings. The standard InChI is InChI=1S/C23H22N2O3/c1-18-7-5-6-10-22(18)28-16-15-27-21-13-11-19(12-14-21)17-24-25-23(26)20-8-3-2-4-9-20/h2-14,17H,15-16H2,1H3,(H,25,26). The molecule has 3 aromatic carbocycles. The number of nitrogens with one attached hydrogen (secondary N) is 1. The van der Waals surface area contributed by atoms with Gasteiger partial charge in [0.1, 0.15) is 24.7 Å². The van der Waals surface area contributed by atoms with Crippen molar-refractivity contribution in [3.8, 4) is 11.5 Å². The third-order valence-electron chi connectivity index (χ3n) is 4.00. The minimum Gasteiger partial charge on any atom is -0.490 e. The van der Waals surface area contributed by atoms with E-state index in [0.29, 0.717) is 18.8 Å². The summed E-state index contributed by atoms with van der Waals surface area (Å²) in [5, 5.41) is 3.98. The lowest BCUT2D eigenvalue weighted by atomic mass is 10.2. The van der Waals surface area contributed by atoms with E-state index in [1.807, 2.05) is 73.7 Å². The first-order valence-corrected chi connectivity index (χ1v) is 9.02. The van der Waals surface area contributed by atoms with E-state index in [1.54, 1.807) is 18.3 Å². The monoisotopic (exact) mass is 374 g/mol. The number of aryl methyl sites for hydroxylation is 1. The van der Waals surface area contributed by atoms with Crippen molar-refractivity contribution in [1.29, 1.82) is 0 Å². The molecule has 0 spiro atoms. The van der Waals surface area contributed by atoms with Crippen LogP contribution in [0.1, 0.15) is 21.5 Å². The maximum Gasteiger partial charge on any atom is 0.271 e. The molecular formula is C23H22N2O3. The Labute approximate surface area is 164 Å². The Morgan fingerprint density at radius 2 is 1.57 bits per heavy atom. The van der Waals surface area contributed by atoms with Crippen LogP contribution in [0.25, 0.3) is 0 Å². The number of para-hydroxylation sites is 1. The van der Waals surface area contributed by atoms with Gasteiger partial charge >= 0.3 is 0 Å². The smallest absolute Gasteiger partial charge is 0.271 e. The SMILES string of the molecule is Cc1ccccc1OCCOc1ccc(C=NNC(=O)c2ccccc2)cc1. The average molecular weight is 374 g/mol. The van der Waals surface area contributed by atoms with Gasteiger partial charge in [-0.2, -0.15) is 5.10 Å². The molecule has 0 aromatic heterocycles. The molecule has 5 heteroatoms. The first-order valence-electron chi connectivity index (χ1n) is 9.02. The molecule has 0 saturated carbocycles. The largest absolute Gasteiger partial charge is 0.490 e. The lowest BCUT2D eigenvalue weighted by molar-refractivity contribution is 0.0955. The molecule has 3 rings (SSSR count). The molecule has 0 radical (unpaired) electrons. The molecule has 0 fully saturated rings. The van der Waals surface area contributed by atoms with Gasteiger partial charge in [-0.25, -0.2) is 5.43 Å². The third-order valence-corrected chi connectivity index (χ3v) is 4.00. The maximum absolute atomic E-state index is 11.9. The number of ether oxygens (including phenoxy) is 2. The quantitative estimate of drug-likeness (QED) is 0.365. The summed E-state index contributed by atoms with van der Waals surface area (Å²) in [6.45, 7) is 2.94. The molecule has 142 valence electrons. The summed E-state index contributed by atoms with van der Waals surface area (Å²) in [7, 11) is 0. The fraction of sp³-hybridized carbons (Fsp3) is 0.130. The van der Waals surface area contributed by atoms with E-state index >= 15 is 0 Å². The fourth-order valence-corrected chi connectivity index (χ4v) is 2.50. The molecule has 0 aliphatic carbocycles. The van der Waals surface area contributed by atoms with Crippen molar-refractivity contribution in [2.24, 2.45) is 5.10 Å². The summed E-state index contributed by atoms with van der Waals surface area (Å²) < 4.78 is 11.4. The van der Waals surface area contributed by atoms with Crippen LogP contribution in [0.2, 0.25) is 0 Å². The molecular weight excluding hydrogens is 352 g/mol. The van der Waals surface area contributed by atoms with Crippen molar-refractivity contribution < 1.29 is 14.3 Å². The molecule has 0 bridgehead atoms. The van der Waals surface area contributed by atoms with Crippen LogP contribution in [-0.2, 0) is 0 Å². The van der Waals surface area contributed by atoms with Gasteiger partial charge in [-0.1, -0.05) is 36.4 Å². The number of rotatable bonds is 8. The highest BCUT2D eigenvalue weighted by Gasteiger charge is 2.02. The van der Waals surface area contributed by atoms with E-state index in [0.717, 1.165) is 22.6 Å². The second-order valence-electron chi connectivity index (χ2n) is 6.10. The highest BCUT2D eigenvalue weighted by Crippen LogP contribution is 2.16. The van der Waals surface area contributed by atoms with E-state index in [1.165, 1.54) is 0 Å². The number of carbonyl (C=O) groups is 1. The van der Waals surface area contributed by atoms with Gasteiger partial charge in [0, 0.05) is 5.56 Å². The Hall–Kier alpha value is -3.60.